The highest BCUT2D eigenvalue weighted by molar-refractivity contribution is 5.76. The lowest BCUT2D eigenvalue weighted by Gasteiger charge is -2.08. The Morgan fingerprint density at radius 3 is 2.59 bits per heavy atom. The number of carbonyl (C=O) groups excluding carboxylic acids is 1. The zero-order valence-corrected chi connectivity index (χ0v) is 10.1. The molecule has 0 fully saturated rings. The molecule has 0 saturated carbocycles. The lowest BCUT2D eigenvalue weighted by molar-refractivity contribution is -0.120. The number of carbonyl (C=O) groups is 1. The molecule has 1 amide bonds. The van der Waals surface area contributed by atoms with Crippen LogP contribution in [-0.4, -0.2) is 36.0 Å². The molecule has 0 saturated heterocycles. The first kappa shape index (κ1) is 13.0. The number of nitrogens with zero attached hydrogens (tertiary/aromatic N) is 2. The van der Waals surface area contributed by atoms with Gasteiger partial charge in [0.05, 0.1) is 0 Å². The molecule has 0 aliphatic heterocycles. The maximum atomic E-state index is 11.0. The molecular formula is C10H18N6O. The maximum Gasteiger partial charge on any atom is 0.223 e. The van der Waals surface area contributed by atoms with Gasteiger partial charge in [-0.1, -0.05) is 0 Å². The van der Waals surface area contributed by atoms with Crippen LogP contribution in [0.5, 0.6) is 0 Å². The molecule has 0 bridgehead atoms. The number of hydrogen-bond donors (Lipinski definition) is 4. The average molecular weight is 238 g/mol. The van der Waals surface area contributed by atoms with Crippen LogP contribution in [0, 0.1) is 0 Å². The molecule has 5 N–H and O–H groups in total. The summed E-state index contributed by atoms with van der Waals surface area (Å²) in [6.45, 7) is 3.23. The van der Waals surface area contributed by atoms with Crippen molar-refractivity contribution in [3.05, 3.63) is 6.07 Å². The highest BCUT2D eigenvalue weighted by atomic mass is 16.1. The third-order valence-corrected chi connectivity index (χ3v) is 2.04. The van der Waals surface area contributed by atoms with Gasteiger partial charge in [-0.2, -0.15) is 9.97 Å². The van der Waals surface area contributed by atoms with Gasteiger partial charge in [-0.05, 0) is 6.92 Å². The quantitative estimate of drug-likeness (QED) is 0.557. The monoisotopic (exact) mass is 238 g/mol. The number of rotatable bonds is 6. The number of nitrogens with two attached hydrogens (primary N) is 1. The average Bonchev–Trinajstić information content (AvgIpc) is 2.28. The highest BCUT2D eigenvalue weighted by Crippen LogP contribution is 2.11. The number of nitrogens with one attached hydrogen (secondary N) is 3. The fourth-order valence-electron chi connectivity index (χ4n) is 1.26. The van der Waals surface area contributed by atoms with Gasteiger partial charge in [-0.15, -0.1) is 0 Å². The second-order valence-corrected chi connectivity index (χ2v) is 3.38. The van der Waals surface area contributed by atoms with Crippen molar-refractivity contribution in [1.82, 2.24) is 15.3 Å². The Morgan fingerprint density at radius 1 is 1.35 bits per heavy atom. The summed E-state index contributed by atoms with van der Waals surface area (Å²) in [5, 5.41) is 8.61. The van der Waals surface area contributed by atoms with E-state index in [-0.39, 0.29) is 11.9 Å². The van der Waals surface area contributed by atoms with Gasteiger partial charge in [-0.3, -0.25) is 4.79 Å². The lowest BCUT2D eigenvalue weighted by atomic mass is 10.4. The van der Waals surface area contributed by atoms with E-state index in [0.717, 1.165) is 6.54 Å². The molecule has 0 spiro atoms. The number of amides is 1. The van der Waals surface area contributed by atoms with E-state index >= 15 is 0 Å². The molecule has 0 aliphatic carbocycles. The molecule has 94 valence electrons. The van der Waals surface area contributed by atoms with Crippen molar-refractivity contribution in [2.75, 3.05) is 36.5 Å². The van der Waals surface area contributed by atoms with Crippen molar-refractivity contribution in [2.24, 2.45) is 0 Å². The summed E-state index contributed by atoms with van der Waals surface area (Å²) in [5.74, 6) is 1.46. The molecule has 0 atom stereocenters. The van der Waals surface area contributed by atoms with Crippen LogP contribution in [-0.2, 0) is 4.79 Å². The Kier molecular flexibility index (Phi) is 4.99. The van der Waals surface area contributed by atoms with Gasteiger partial charge >= 0.3 is 0 Å². The van der Waals surface area contributed by atoms with Crippen LogP contribution in [0.2, 0.25) is 0 Å². The van der Waals surface area contributed by atoms with Gasteiger partial charge in [0, 0.05) is 32.6 Å². The first-order chi connectivity index (χ1) is 8.15. The smallest absolute Gasteiger partial charge is 0.223 e. The van der Waals surface area contributed by atoms with E-state index < -0.39 is 0 Å². The number of nitrogen functional groups attached to an aromatic ring is 1. The second-order valence-electron chi connectivity index (χ2n) is 3.38. The summed E-state index contributed by atoms with van der Waals surface area (Å²) in [6.07, 6.45) is 0.386. The Labute approximate surface area is 100 Å². The summed E-state index contributed by atoms with van der Waals surface area (Å²) >= 11 is 0. The molecule has 0 unspecified atom stereocenters. The van der Waals surface area contributed by atoms with Crippen molar-refractivity contribution in [3.8, 4) is 0 Å². The van der Waals surface area contributed by atoms with Crippen LogP contribution >= 0.6 is 0 Å². The van der Waals surface area contributed by atoms with E-state index in [4.69, 9.17) is 5.73 Å². The van der Waals surface area contributed by atoms with Gasteiger partial charge in [0.2, 0.25) is 11.9 Å². The zero-order chi connectivity index (χ0) is 12.7. The topological polar surface area (TPSA) is 105 Å². The van der Waals surface area contributed by atoms with E-state index in [2.05, 4.69) is 25.9 Å². The van der Waals surface area contributed by atoms with E-state index in [1.807, 2.05) is 6.92 Å². The van der Waals surface area contributed by atoms with Gasteiger partial charge in [-0.25, -0.2) is 0 Å². The maximum absolute atomic E-state index is 11.0. The van der Waals surface area contributed by atoms with Gasteiger partial charge < -0.3 is 21.7 Å². The van der Waals surface area contributed by atoms with Gasteiger partial charge in [0.1, 0.15) is 11.6 Å². The van der Waals surface area contributed by atoms with Crippen molar-refractivity contribution >= 4 is 23.5 Å². The third-order valence-electron chi connectivity index (χ3n) is 2.04. The van der Waals surface area contributed by atoms with Crippen LogP contribution < -0.4 is 21.7 Å². The van der Waals surface area contributed by atoms with Crippen LogP contribution in [0.25, 0.3) is 0 Å². The minimum Gasteiger partial charge on any atom is -0.370 e. The number of anilines is 3. The Bertz CT molecular complexity index is 381. The third kappa shape index (κ3) is 4.54. The first-order valence-corrected chi connectivity index (χ1v) is 5.48. The number of aromatic nitrogens is 2. The van der Waals surface area contributed by atoms with Crippen LogP contribution in [0.4, 0.5) is 17.6 Å². The van der Waals surface area contributed by atoms with Crippen molar-refractivity contribution in [1.29, 1.82) is 0 Å². The van der Waals surface area contributed by atoms with Crippen molar-refractivity contribution in [2.45, 2.75) is 13.3 Å². The largest absolute Gasteiger partial charge is 0.370 e. The van der Waals surface area contributed by atoms with Crippen molar-refractivity contribution in [3.63, 3.8) is 0 Å². The molecule has 0 aromatic carbocycles. The molecule has 7 heteroatoms. The lowest BCUT2D eigenvalue weighted by Crippen LogP contribution is -2.21. The number of hydrogen-bond acceptors (Lipinski definition) is 6. The molecule has 1 rings (SSSR count). The molecule has 17 heavy (non-hydrogen) atoms. The summed E-state index contributed by atoms with van der Waals surface area (Å²) in [5.41, 5.74) is 5.57. The fraction of sp³-hybridized carbons (Fsp3) is 0.500. The van der Waals surface area contributed by atoms with Crippen molar-refractivity contribution < 1.29 is 4.79 Å². The fourth-order valence-corrected chi connectivity index (χ4v) is 1.26. The minimum absolute atomic E-state index is 0.0218. The molecule has 0 radical (unpaired) electrons. The predicted octanol–water partition coefficient (Wildman–Crippen LogP) is 0.0386. The SMILES string of the molecule is CCNc1cc(NCCC(=O)NC)nc(N)n1. The second kappa shape index (κ2) is 6.51. The summed E-state index contributed by atoms with van der Waals surface area (Å²) < 4.78 is 0. The van der Waals surface area contributed by atoms with E-state index in [1.165, 1.54) is 0 Å². The molecule has 1 heterocycles. The summed E-state index contributed by atoms with van der Waals surface area (Å²) in [4.78, 5) is 19.1. The van der Waals surface area contributed by atoms with Crippen LogP contribution in [0.1, 0.15) is 13.3 Å². The Morgan fingerprint density at radius 2 is 2.00 bits per heavy atom. The molecule has 0 aliphatic rings. The Balaban J connectivity index is 2.55. The van der Waals surface area contributed by atoms with Gasteiger partial charge in [0.15, 0.2) is 0 Å². The Hall–Kier alpha value is -2.05. The normalized spacial score (nSPS) is 9.76. The first-order valence-electron chi connectivity index (χ1n) is 5.48. The van der Waals surface area contributed by atoms with E-state index in [0.29, 0.717) is 24.6 Å². The van der Waals surface area contributed by atoms with E-state index in [1.54, 1.807) is 13.1 Å². The molecule has 7 nitrogen and oxygen atoms in total. The van der Waals surface area contributed by atoms with Crippen LogP contribution in [0.15, 0.2) is 6.07 Å². The molecule has 1 aromatic heterocycles. The highest BCUT2D eigenvalue weighted by Gasteiger charge is 2.02. The van der Waals surface area contributed by atoms with Crippen LogP contribution in [0.3, 0.4) is 0 Å². The van der Waals surface area contributed by atoms with Gasteiger partial charge in [0.25, 0.3) is 0 Å². The summed E-state index contributed by atoms with van der Waals surface area (Å²) in [6, 6.07) is 1.75. The zero-order valence-electron chi connectivity index (χ0n) is 10.1. The molecule has 1 aromatic rings. The standard InChI is InChI=1S/C10H18N6O/c1-3-13-7-6-8(16-10(11)15-7)14-5-4-9(17)12-2/h6H,3-5H2,1-2H3,(H,12,17)(H4,11,13,14,15,16). The minimum atomic E-state index is -0.0218. The summed E-state index contributed by atoms with van der Waals surface area (Å²) in [7, 11) is 1.61. The molecular weight excluding hydrogens is 220 g/mol. The van der Waals surface area contributed by atoms with E-state index in [9.17, 15) is 4.79 Å². The predicted molar refractivity (Wildman–Crippen MR) is 67.8 cm³/mol.